The van der Waals surface area contributed by atoms with Gasteiger partial charge in [0.15, 0.2) is 5.76 Å². The Morgan fingerprint density at radius 1 is 1.06 bits per heavy atom. The number of Topliss-reactive ketones (excluding diaryl/α,β-unsaturated/α-hetero) is 1. The number of aliphatic hydroxyl groups is 1. The Bertz CT molecular complexity index is 1490. The SMILES string of the molecule is Cc1nc(-c2ccccc2)sc1C(=O)C1=C(O)C(=O)N(c2cc(Cl)ccc2O)C1c1ccncc1. The van der Waals surface area contributed by atoms with Crippen LogP contribution in [0.2, 0.25) is 5.02 Å². The summed E-state index contributed by atoms with van der Waals surface area (Å²) in [6, 6.07) is 16.0. The Kier molecular flexibility index (Phi) is 5.84. The number of phenolic OH excluding ortho intramolecular Hbond substituents is 1. The van der Waals surface area contributed by atoms with E-state index in [1.807, 2.05) is 30.3 Å². The molecule has 5 rings (SSSR count). The highest BCUT2D eigenvalue weighted by Gasteiger charge is 2.46. The summed E-state index contributed by atoms with van der Waals surface area (Å²) >= 11 is 7.33. The van der Waals surface area contributed by atoms with E-state index in [0.717, 1.165) is 5.56 Å². The molecular weight excluding hydrogens is 486 g/mol. The zero-order chi connectivity index (χ0) is 24.7. The lowest BCUT2D eigenvalue weighted by atomic mass is 9.95. The summed E-state index contributed by atoms with van der Waals surface area (Å²) in [6.45, 7) is 1.71. The van der Waals surface area contributed by atoms with E-state index >= 15 is 0 Å². The summed E-state index contributed by atoms with van der Waals surface area (Å²) in [5, 5.41) is 22.4. The van der Waals surface area contributed by atoms with Gasteiger partial charge in [-0.25, -0.2) is 4.98 Å². The van der Waals surface area contributed by atoms with Crippen LogP contribution in [-0.4, -0.2) is 31.9 Å². The lowest BCUT2D eigenvalue weighted by Crippen LogP contribution is -2.31. The Labute approximate surface area is 209 Å². The number of aromatic nitrogens is 2. The Balaban J connectivity index is 1.65. The van der Waals surface area contributed by atoms with Crippen molar-refractivity contribution in [3.05, 3.63) is 106 Å². The van der Waals surface area contributed by atoms with Crippen LogP contribution in [0, 0.1) is 6.92 Å². The molecule has 0 aliphatic carbocycles. The molecule has 1 atom stereocenters. The number of thiazole rings is 1. The number of carbonyl (C=O) groups is 2. The van der Waals surface area contributed by atoms with E-state index < -0.39 is 23.5 Å². The smallest absolute Gasteiger partial charge is 0.294 e. The average molecular weight is 504 g/mol. The highest BCUT2D eigenvalue weighted by atomic mass is 35.5. The molecule has 1 unspecified atom stereocenters. The van der Waals surface area contributed by atoms with Gasteiger partial charge in [-0.05, 0) is 42.8 Å². The molecule has 0 bridgehead atoms. The van der Waals surface area contributed by atoms with Gasteiger partial charge in [-0.3, -0.25) is 19.5 Å². The van der Waals surface area contributed by atoms with Crippen LogP contribution in [0.1, 0.15) is 27.0 Å². The van der Waals surface area contributed by atoms with E-state index in [4.69, 9.17) is 11.6 Å². The van der Waals surface area contributed by atoms with E-state index in [9.17, 15) is 19.8 Å². The summed E-state index contributed by atoms with van der Waals surface area (Å²) in [6.07, 6.45) is 3.05. The fourth-order valence-electron chi connectivity index (χ4n) is 4.07. The maximum atomic E-state index is 13.9. The van der Waals surface area contributed by atoms with Gasteiger partial charge in [0.25, 0.3) is 5.91 Å². The monoisotopic (exact) mass is 503 g/mol. The number of nitrogens with zero attached hydrogens (tertiary/aromatic N) is 3. The Morgan fingerprint density at radius 2 is 1.77 bits per heavy atom. The first-order valence-electron chi connectivity index (χ1n) is 10.6. The molecule has 174 valence electrons. The van der Waals surface area contributed by atoms with E-state index in [2.05, 4.69) is 9.97 Å². The van der Waals surface area contributed by atoms with Crippen molar-refractivity contribution in [2.24, 2.45) is 0 Å². The normalized spacial score (nSPS) is 15.7. The largest absolute Gasteiger partial charge is 0.506 e. The summed E-state index contributed by atoms with van der Waals surface area (Å²) in [5.41, 5.74) is 1.85. The molecule has 35 heavy (non-hydrogen) atoms. The molecule has 1 amide bonds. The van der Waals surface area contributed by atoms with Gasteiger partial charge in [-0.1, -0.05) is 41.9 Å². The number of aryl methyl sites for hydroxylation is 1. The standard InChI is InChI=1S/C26H18ClN3O4S/c1-14-24(35-25(29-14)16-5-3-2-4-6-16)22(32)20-21(15-9-11-28-12-10-15)30(26(34)23(20)33)18-13-17(27)7-8-19(18)31/h2-13,21,31,33H,1H3. The van der Waals surface area contributed by atoms with E-state index in [1.165, 1.54) is 46.8 Å². The Hall–Kier alpha value is -4.01. The third kappa shape index (κ3) is 3.96. The lowest BCUT2D eigenvalue weighted by Gasteiger charge is -2.27. The fraction of sp³-hybridized carbons (Fsp3) is 0.0769. The van der Waals surface area contributed by atoms with Crippen molar-refractivity contribution in [3.8, 4) is 16.3 Å². The first kappa shape index (κ1) is 22.8. The van der Waals surface area contributed by atoms with Crippen LogP contribution in [0.25, 0.3) is 10.6 Å². The van der Waals surface area contributed by atoms with Gasteiger partial charge in [0.05, 0.1) is 27.9 Å². The van der Waals surface area contributed by atoms with Gasteiger partial charge in [-0.2, -0.15) is 0 Å². The van der Waals surface area contributed by atoms with Crippen molar-refractivity contribution in [2.75, 3.05) is 4.90 Å². The van der Waals surface area contributed by atoms with Crippen LogP contribution in [-0.2, 0) is 4.79 Å². The number of carbonyl (C=O) groups excluding carboxylic acids is 2. The molecule has 0 fully saturated rings. The van der Waals surface area contributed by atoms with Crippen LogP contribution in [0.4, 0.5) is 5.69 Å². The summed E-state index contributed by atoms with van der Waals surface area (Å²) in [4.78, 5) is 37.2. The van der Waals surface area contributed by atoms with Crippen LogP contribution in [0.5, 0.6) is 5.75 Å². The van der Waals surface area contributed by atoms with Crippen LogP contribution in [0.3, 0.4) is 0 Å². The molecule has 2 N–H and O–H groups in total. The Morgan fingerprint density at radius 3 is 2.49 bits per heavy atom. The molecule has 2 aromatic heterocycles. The number of aromatic hydroxyl groups is 1. The molecule has 7 nitrogen and oxygen atoms in total. The first-order chi connectivity index (χ1) is 16.9. The van der Waals surface area contributed by atoms with Crippen LogP contribution in [0.15, 0.2) is 84.4 Å². The molecule has 9 heteroatoms. The highest BCUT2D eigenvalue weighted by Crippen LogP contribution is 2.46. The molecule has 4 aromatic rings. The van der Waals surface area contributed by atoms with Crippen molar-refractivity contribution in [1.29, 1.82) is 0 Å². The minimum atomic E-state index is -1.01. The number of benzene rings is 2. The quantitative estimate of drug-likeness (QED) is 0.341. The number of aliphatic hydroxyl groups excluding tert-OH is 1. The van der Waals surface area contributed by atoms with Crippen molar-refractivity contribution >= 4 is 40.3 Å². The number of anilines is 1. The van der Waals surface area contributed by atoms with E-state index in [0.29, 0.717) is 21.1 Å². The minimum Gasteiger partial charge on any atom is -0.506 e. The second-order valence-electron chi connectivity index (χ2n) is 7.88. The maximum Gasteiger partial charge on any atom is 0.294 e. The van der Waals surface area contributed by atoms with Gasteiger partial charge < -0.3 is 10.2 Å². The number of hydrogen-bond donors (Lipinski definition) is 2. The van der Waals surface area contributed by atoms with Crippen molar-refractivity contribution in [2.45, 2.75) is 13.0 Å². The molecular formula is C26H18ClN3O4S. The van der Waals surface area contributed by atoms with Crippen LogP contribution < -0.4 is 4.90 Å². The molecule has 0 spiro atoms. The zero-order valence-corrected chi connectivity index (χ0v) is 19.9. The maximum absolute atomic E-state index is 13.9. The highest BCUT2D eigenvalue weighted by molar-refractivity contribution is 7.17. The lowest BCUT2D eigenvalue weighted by molar-refractivity contribution is -0.117. The van der Waals surface area contributed by atoms with Crippen molar-refractivity contribution in [1.82, 2.24) is 9.97 Å². The third-order valence-electron chi connectivity index (χ3n) is 5.70. The van der Waals surface area contributed by atoms with E-state index in [1.54, 1.807) is 19.1 Å². The molecule has 0 radical (unpaired) electrons. The number of ketones is 1. The third-order valence-corrected chi connectivity index (χ3v) is 7.14. The van der Waals surface area contributed by atoms with Gasteiger partial charge >= 0.3 is 0 Å². The van der Waals surface area contributed by atoms with Crippen LogP contribution >= 0.6 is 22.9 Å². The topological polar surface area (TPSA) is 104 Å². The number of pyridine rings is 1. The fourth-order valence-corrected chi connectivity index (χ4v) is 5.26. The second kappa shape index (κ2) is 8.98. The summed E-state index contributed by atoms with van der Waals surface area (Å²) in [5.74, 6) is -2.24. The zero-order valence-electron chi connectivity index (χ0n) is 18.3. The molecule has 0 saturated heterocycles. The molecule has 0 saturated carbocycles. The van der Waals surface area contributed by atoms with Crippen molar-refractivity contribution in [3.63, 3.8) is 0 Å². The molecule has 2 aromatic carbocycles. The number of hydrogen-bond acceptors (Lipinski definition) is 7. The predicted octanol–water partition coefficient (Wildman–Crippen LogP) is 5.66. The molecule has 1 aliphatic heterocycles. The predicted molar refractivity (Wildman–Crippen MR) is 134 cm³/mol. The first-order valence-corrected chi connectivity index (χ1v) is 11.8. The van der Waals surface area contributed by atoms with Gasteiger partial charge in [0.1, 0.15) is 10.8 Å². The van der Waals surface area contributed by atoms with Gasteiger partial charge in [0, 0.05) is 23.0 Å². The number of halogens is 1. The number of phenols is 1. The van der Waals surface area contributed by atoms with E-state index in [-0.39, 0.29) is 22.0 Å². The minimum absolute atomic E-state index is 0.0738. The molecule has 3 heterocycles. The molecule has 1 aliphatic rings. The number of rotatable bonds is 5. The number of amides is 1. The summed E-state index contributed by atoms with van der Waals surface area (Å²) < 4.78 is 0. The van der Waals surface area contributed by atoms with Gasteiger partial charge in [0.2, 0.25) is 5.78 Å². The van der Waals surface area contributed by atoms with Crippen molar-refractivity contribution < 1.29 is 19.8 Å². The van der Waals surface area contributed by atoms with Gasteiger partial charge in [-0.15, -0.1) is 11.3 Å². The average Bonchev–Trinajstić information content (AvgIpc) is 3.39. The second-order valence-corrected chi connectivity index (χ2v) is 9.32. The summed E-state index contributed by atoms with van der Waals surface area (Å²) in [7, 11) is 0.